The number of ether oxygens (including phenoxy) is 1. The number of hydrogen-bond acceptors (Lipinski definition) is 3. The van der Waals surface area contributed by atoms with Crippen LogP contribution < -0.4 is 15.4 Å². The van der Waals surface area contributed by atoms with Gasteiger partial charge in [-0.15, -0.1) is 0 Å². The fraction of sp³-hybridized carbons (Fsp3) is 0.533. The first-order valence-electron chi connectivity index (χ1n) is 7.12. The van der Waals surface area contributed by atoms with Gasteiger partial charge in [0.05, 0.1) is 18.4 Å². The zero-order valence-electron chi connectivity index (χ0n) is 12.2. The highest BCUT2D eigenvalue weighted by atomic mass is 16.5. The molecule has 112 valence electrons. The van der Waals surface area contributed by atoms with Gasteiger partial charge in [0.1, 0.15) is 5.75 Å². The second-order valence-corrected chi connectivity index (χ2v) is 4.58. The summed E-state index contributed by atoms with van der Waals surface area (Å²) in [6.07, 6.45) is 1.79. The van der Waals surface area contributed by atoms with E-state index in [1.807, 2.05) is 32.0 Å². The number of rotatable bonds is 8. The minimum atomic E-state index is -0.365. The van der Waals surface area contributed by atoms with Crippen molar-refractivity contribution in [3.63, 3.8) is 0 Å². The molecule has 0 heterocycles. The lowest BCUT2D eigenvalue weighted by atomic mass is 10.2. The summed E-state index contributed by atoms with van der Waals surface area (Å²) in [5.74, 6) is 0.665. The Balaban J connectivity index is 2.44. The van der Waals surface area contributed by atoms with Gasteiger partial charge < -0.3 is 20.5 Å². The molecule has 1 unspecified atom stereocenters. The van der Waals surface area contributed by atoms with E-state index in [1.54, 1.807) is 6.07 Å². The van der Waals surface area contributed by atoms with Gasteiger partial charge in [-0.1, -0.05) is 26.0 Å². The third-order valence-electron chi connectivity index (χ3n) is 2.83. The number of hydrogen-bond donors (Lipinski definition) is 3. The molecule has 0 aliphatic carbocycles. The number of para-hydroxylation sites is 2. The van der Waals surface area contributed by atoms with Gasteiger partial charge in [0, 0.05) is 6.54 Å². The van der Waals surface area contributed by atoms with E-state index in [-0.39, 0.29) is 12.1 Å². The van der Waals surface area contributed by atoms with Crippen LogP contribution in [0.15, 0.2) is 24.3 Å². The third kappa shape index (κ3) is 5.93. The predicted octanol–water partition coefficient (Wildman–Crippen LogP) is 2.76. The van der Waals surface area contributed by atoms with E-state index in [0.29, 0.717) is 37.4 Å². The molecule has 0 aromatic heterocycles. The van der Waals surface area contributed by atoms with Crippen LogP contribution in [0.25, 0.3) is 0 Å². The molecule has 1 rings (SSSR count). The minimum Gasteiger partial charge on any atom is -0.491 e. The molecule has 5 nitrogen and oxygen atoms in total. The average molecular weight is 280 g/mol. The maximum absolute atomic E-state index is 11.7. The van der Waals surface area contributed by atoms with E-state index < -0.39 is 0 Å². The molecule has 0 saturated carbocycles. The molecule has 1 aromatic rings. The molecule has 20 heavy (non-hydrogen) atoms. The van der Waals surface area contributed by atoms with Crippen molar-refractivity contribution in [2.45, 2.75) is 39.2 Å². The van der Waals surface area contributed by atoms with Crippen LogP contribution in [0.5, 0.6) is 5.75 Å². The van der Waals surface area contributed by atoms with Crippen LogP contribution in [0.1, 0.15) is 33.1 Å². The van der Waals surface area contributed by atoms with Crippen LogP contribution in [0, 0.1) is 0 Å². The number of carbonyl (C=O) groups is 1. The van der Waals surface area contributed by atoms with Gasteiger partial charge in [-0.2, -0.15) is 0 Å². The summed E-state index contributed by atoms with van der Waals surface area (Å²) in [4.78, 5) is 11.7. The number of aliphatic hydroxyl groups is 1. The Hall–Kier alpha value is -1.75. The number of benzene rings is 1. The van der Waals surface area contributed by atoms with Crippen molar-refractivity contribution >= 4 is 11.7 Å². The lowest BCUT2D eigenvalue weighted by Gasteiger charge is -2.13. The minimum absolute atomic E-state index is 0.291. The maximum Gasteiger partial charge on any atom is 0.319 e. The monoisotopic (exact) mass is 280 g/mol. The molecule has 0 bridgehead atoms. The van der Waals surface area contributed by atoms with Crippen LogP contribution in [-0.2, 0) is 0 Å². The molecular formula is C15H24N2O3. The smallest absolute Gasteiger partial charge is 0.319 e. The van der Waals surface area contributed by atoms with E-state index in [9.17, 15) is 9.90 Å². The number of aliphatic hydroxyl groups excluding tert-OH is 1. The van der Waals surface area contributed by atoms with Crippen LogP contribution in [0.2, 0.25) is 0 Å². The van der Waals surface area contributed by atoms with Gasteiger partial charge in [-0.25, -0.2) is 4.79 Å². The molecule has 0 aliphatic heterocycles. The standard InChI is InChI=1S/C15H24N2O3/c1-3-11-20-14-8-6-5-7-13(14)17-15(19)16-10-9-12(18)4-2/h5-8,12,18H,3-4,9-11H2,1-2H3,(H2,16,17,19). The number of amides is 2. The lowest BCUT2D eigenvalue weighted by Crippen LogP contribution is -2.31. The second-order valence-electron chi connectivity index (χ2n) is 4.58. The Morgan fingerprint density at radius 3 is 2.80 bits per heavy atom. The Morgan fingerprint density at radius 2 is 2.10 bits per heavy atom. The summed E-state index contributed by atoms with van der Waals surface area (Å²) in [5.41, 5.74) is 0.648. The molecule has 3 N–H and O–H groups in total. The summed E-state index contributed by atoms with van der Waals surface area (Å²) in [6.45, 7) is 5.00. The summed E-state index contributed by atoms with van der Waals surface area (Å²) >= 11 is 0. The molecule has 0 radical (unpaired) electrons. The number of nitrogens with one attached hydrogen (secondary N) is 2. The summed E-state index contributed by atoms with van der Waals surface area (Å²) in [7, 11) is 0. The van der Waals surface area contributed by atoms with Crippen molar-refractivity contribution in [1.29, 1.82) is 0 Å². The Bertz CT molecular complexity index is 410. The van der Waals surface area contributed by atoms with Gasteiger partial charge in [0.15, 0.2) is 0 Å². The van der Waals surface area contributed by atoms with Crippen molar-refractivity contribution in [2.75, 3.05) is 18.5 Å². The second kappa shape index (κ2) is 9.20. The van der Waals surface area contributed by atoms with Crippen molar-refractivity contribution in [3.05, 3.63) is 24.3 Å². The van der Waals surface area contributed by atoms with Crippen LogP contribution in [0.3, 0.4) is 0 Å². The van der Waals surface area contributed by atoms with E-state index in [4.69, 9.17) is 4.74 Å². The molecule has 0 saturated heterocycles. The van der Waals surface area contributed by atoms with Gasteiger partial charge in [0.25, 0.3) is 0 Å². The number of anilines is 1. The topological polar surface area (TPSA) is 70.6 Å². The third-order valence-corrected chi connectivity index (χ3v) is 2.83. The number of urea groups is 1. The highest BCUT2D eigenvalue weighted by molar-refractivity contribution is 5.90. The Morgan fingerprint density at radius 1 is 1.35 bits per heavy atom. The van der Waals surface area contributed by atoms with E-state index >= 15 is 0 Å². The van der Waals surface area contributed by atoms with Gasteiger partial charge in [-0.05, 0) is 31.4 Å². The van der Waals surface area contributed by atoms with Crippen LogP contribution >= 0.6 is 0 Å². The zero-order valence-corrected chi connectivity index (χ0v) is 12.2. The van der Waals surface area contributed by atoms with Crippen LogP contribution in [-0.4, -0.2) is 30.4 Å². The van der Waals surface area contributed by atoms with Crippen molar-refractivity contribution in [1.82, 2.24) is 5.32 Å². The van der Waals surface area contributed by atoms with Gasteiger partial charge in [-0.3, -0.25) is 0 Å². The number of carbonyl (C=O) groups excluding carboxylic acids is 1. The van der Waals surface area contributed by atoms with Crippen molar-refractivity contribution in [2.24, 2.45) is 0 Å². The van der Waals surface area contributed by atoms with E-state index in [2.05, 4.69) is 10.6 Å². The van der Waals surface area contributed by atoms with Crippen molar-refractivity contribution < 1.29 is 14.6 Å². The molecule has 0 spiro atoms. The summed E-state index contributed by atoms with van der Waals surface area (Å²) < 4.78 is 5.56. The molecule has 0 fully saturated rings. The normalized spacial score (nSPS) is 11.8. The van der Waals surface area contributed by atoms with Crippen molar-refractivity contribution in [3.8, 4) is 5.75 Å². The predicted molar refractivity (Wildman–Crippen MR) is 80.2 cm³/mol. The molecule has 1 atom stereocenters. The molecule has 2 amide bonds. The fourth-order valence-corrected chi connectivity index (χ4v) is 1.63. The Kier molecular flexibility index (Phi) is 7.50. The molecule has 1 aromatic carbocycles. The lowest BCUT2D eigenvalue weighted by molar-refractivity contribution is 0.160. The SMILES string of the molecule is CCCOc1ccccc1NC(=O)NCCC(O)CC. The molecule has 0 aliphatic rings. The van der Waals surface area contributed by atoms with Crippen LogP contribution in [0.4, 0.5) is 10.5 Å². The zero-order chi connectivity index (χ0) is 14.8. The average Bonchev–Trinajstić information content (AvgIpc) is 2.46. The quantitative estimate of drug-likeness (QED) is 0.685. The molecule has 5 heteroatoms. The first kappa shape index (κ1) is 16.3. The first-order chi connectivity index (χ1) is 9.67. The summed E-state index contributed by atoms with van der Waals surface area (Å²) in [5, 5.41) is 14.9. The van der Waals surface area contributed by atoms with Gasteiger partial charge in [0.2, 0.25) is 0 Å². The summed E-state index contributed by atoms with van der Waals surface area (Å²) in [6, 6.07) is 7.04. The van der Waals surface area contributed by atoms with Gasteiger partial charge >= 0.3 is 6.03 Å². The van der Waals surface area contributed by atoms with E-state index in [1.165, 1.54) is 0 Å². The highest BCUT2D eigenvalue weighted by Gasteiger charge is 2.07. The van der Waals surface area contributed by atoms with E-state index in [0.717, 1.165) is 6.42 Å². The first-order valence-corrected chi connectivity index (χ1v) is 7.12. The molecular weight excluding hydrogens is 256 g/mol. The fourth-order valence-electron chi connectivity index (χ4n) is 1.63. The highest BCUT2D eigenvalue weighted by Crippen LogP contribution is 2.23. The largest absolute Gasteiger partial charge is 0.491 e. The maximum atomic E-state index is 11.7. The Labute approximate surface area is 120 Å².